The minimum atomic E-state index is -0.292. The summed E-state index contributed by atoms with van der Waals surface area (Å²) in [6.45, 7) is 10.1. The number of rotatable bonds is 4. The van der Waals surface area contributed by atoms with Crippen LogP contribution in [0.25, 0.3) is 5.65 Å². The van der Waals surface area contributed by atoms with E-state index in [1.807, 2.05) is 50.4 Å². The fourth-order valence-corrected chi connectivity index (χ4v) is 2.94. The summed E-state index contributed by atoms with van der Waals surface area (Å²) in [5.41, 5.74) is 8.96. The first kappa shape index (κ1) is 19.6. The van der Waals surface area contributed by atoms with Gasteiger partial charge < -0.3 is 0 Å². The van der Waals surface area contributed by atoms with Gasteiger partial charge in [0.1, 0.15) is 0 Å². The number of hydrogen-bond acceptors (Lipinski definition) is 4. The number of hydrogen-bond donors (Lipinski definition) is 2. The van der Waals surface area contributed by atoms with Crippen LogP contribution in [0.3, 0.4) is 0 Å². The molecule has 26 heavy (non-hydrogen) atoms. The molecule has 0 bridgehead atoms. The molecule has 6 heteroatoms. The summed E-state index contributed by atoms with van der Waals surface area (Å²) in [5.74, 6) is 4.87. The molecule has 0 radical (unpaired) electrons. The maximum Gasteiger partial charge on any atom is 0.265 e. The number of carbonyl (C=O) groups is 1. The van der Waals surface area contributed by atoms with E-state index in [0.29, 0.717) is 5.56 Å². The highest BCUT2D eigenvalue weighted by Crippen LogP contribution is 2.21. The molecule has 0 atom stereocenters. The van der Waals surface area contributed by atoms with Gasteiger partial charge in [0.05, 0.1) is 5.69 Å². The Kier molecular flexibility index (Phi) is 6.46. The van der Waals surface area contributed by atoms with E-state index in [9.17, 15) is 4.79 Å². The van der Waals surface area contributed by atoms with Gasteiger partial charge in [-0.15, -0.1) is 0 Å². The van der Waals surface area contributed by atoms with E-state index in [1.54, 1.807) is 12.1 Å². The van der Waals surface area contributed by atoms with Gasteiger partial charge in [-0.1, -0.05) is 32.9 Å². The predicted molar refractivity (Wildman–Crippen MR) is 104 cm³/mol. The van der Waals surface area contributed by atoms with Gasteiger partial charge in [0.15, 0.2) is 5.65 Å². The summed E-state index contributed by atoms with van der Waals surface area (Å²) in [5, 5.41) is 4.70. The Balaban J connectivity index is 0.00000117. The Hall–Kier alpha value is -2.73. The van der Waals surface area contributed by atoms with E-state index in [1.165, 1.54) is 0 Å². The fourth-order valence-electron chi connectivity index (χ4n) is 2.94. The maximum atomic E-state index is 11.5. The molecule has 1 aromatic carbocycles. The Morgan fingerprint density at radius 3 is 2.42 bits per heavy atom. The van der Waals surface area contributed by atoms with Crippen LogP contribution < -0.4 is 11.3 Å². The number of nitrogen functional groups attached to an aromatic ring is 1. The number of carbonyl (C=O) groups excluding carboxylic acids is 1. The SMILES string of the molecule is CC.CCc1nn2c(C)cc(C)nc2c1Cc1ccc(C(=O)NN)cc1. The van der Waals surface area contributed by atoms with Crippen LogP contribution in [0.5, 0.6) is 0 Å². The molecule has 0 aliphatic carbocycles. The zero-order valence-corrected chi connectivity index (χ0v) is 16.1. The minimum Gasteiger partial charge on any atom is -0.290 e. The Morgan fingerprint density at radius 2 is 1.85 bits per heavy atom. The molecular weight excluding hydrogens is 326 g/mol. The van der Waals surface area contributed by atoms with Crippen molar-refractivity contribution < 1.29 is 4.79 Å². The third-order valence-electron chi connectivity index (χ3n) is 4.14. The number of amides is 1. The molecule has 0 spiro atoms. The van der Waals surface area contributed by atoms with E-state index in [-0.39, 0.29) is 5.91 Å². The molecule has 0 aliphatic heterocycles. The molecule has 1 amide bonds. The molecule has 2 aromatic heterocycles. The number of nitrogens with two attached hydrogens (primary N) is 1. The van der Waals surface area contributed by atoms with Gasteiger partial charge in [-0.25, -0.2) is 15.3 Å². The standard InChI is InChI=1S/C18H21N5O.C2H6/c1-4-16-15(17-20-11(2)9-12(3)23(17)22-16)10-13-5-7-14(8-6-13)18(24)21-19;1-2/h5-9H,4,10,19H2,1-3H3,(H,21,24);1-2H3. The molecule has 6 nitrogen and oxygen atoms in total. The summed E-state index contributed by atoms with van der Waals surface area (Å²) in [7, 11) is 0. The minimum absolute atomic E-state index is 0.292. The third-order valence-corrected chi connectivity index (χ3v) is 4.14. The van der Waals surface area contributed by atoms with E-state index in [0.717, 1.165) is 46.7 Å². The summed E-state index contributed by atoms with van der Waals surface area (Å²) in [6, 6.07) is 9.47. The number of benzene rings is 1. The molecule has 2 heterocycles. The first-order valence-electron chi connectivity index (χ1n) is 8.98. The molecule has 0 unspecified atom stereocenters. The van der Waals surface area contributed by atoms with E-state index >= 15 is 0 Å². The summed E-state index contributed by atoms with van der Waals surface area (Å²) < 4.78 is 1.91. The number of aromatic nitrogens is 3. The van der Waals surface area contributed by atoms with Crippen LogP contribution in [0, 0.1) is 13.8 Å². The highest BCUT2D eigenvalue weighted by atomic mass is 16.2. The topological polar surface area (TPSA) is 85.3 Å². The van der Waals surface area contributed by atoms with Crippen molar-refractivity contribution in [2.75, 3.05) is 0 Å². The highest BCUT2D eigenvalue weighted by Gasteiger charge is 2.15. The van der Waals surface area contributed by atoms with Crippen LogP contribution in [-0.4, -0.2) is 20.5 Å². The van der Waals surface area contributed by atoms with Crippen LogP contribution in [0.1, 0.15) is 59.3 Å². The Labute approximate surface area is 154 Å². The van der Waals surface area contributed by atoms with E-state index in [2.05, 4.69) is 17.3 Å². The lowest BCUT2D eigenvalue weighted by Gasteiger charge is -2.05. The van der Waals surface area contributed by atoms with Crippen molar-refractivity contribution in [1.29, 1.82) is 0 Å². The zero-order valence-electron chi connectivity index (χ0n) is 16.1. The first-order valence-corrected chi connectivity index (χ1v) is 8.98. The molecular formula is C20H27N5O. The van der Waals surface area contributed by atoms with Gasteiger partial charge >= 0.3 is 0 Å². The predicted octanol–water partition coefficient (Wildman–Crippen LogP) is 3.13. The number of hydrazine groups is 1. The summed E-state index contributed by atoms with van der Waals surface area (Å²) >= 11 is 0. The Morgan fingerprint density at radius 1 is 1.19 bits per heavy atom. The lowest BCUT2D eigenvalue weighted by molar-refractivity contribution is 0.0953. The van der Waals surface area contributed by atoms with Crippen molar-refractivity contribution in [3.05, 3.63) is 64.1 Å². The van der Waals surface area contributed by atoms with Gasteiger partial charge in [0.25, 0.3) is 5.91 Å². The van der Waals surface area contributed by atoms with Crippen LogP contribution in [-0.2, 0) is 12.8 Å². The van der Waals surface area contributed by atoms with Gasteiger partial charge in [0.2, 0.25) is 0 Å². The average Bonchev–Trinajstić information content (AvgIpc) is 3.01. The van der Waals surface area contributed by atoms with Gasteiger partial charge in [-0.05, 0) is 44.0 Å². The molecule has 0 fully saturated rings. The lowest BCUT2D eigenvalue weighted by Crippen LogP contribution is -2.29. The van der Waals surface area contributed by atoms with Gasteiger partial charge in [0, 0.05) is 28.9 Å². The molecule has 3 N–H and O–H groups in total. The zero-order chi connectivity index (χ0) is 19.3. The first-order chi connectivity index (χ1) is 12.5. The molecule has 3 rings (SSSR count). The van der Waals surface area contributed by atoms with Crippen molar-refractivity contribution in [1.82, 2.24) is 20.0 Å². The molecule has 0 saturated heterocycles. The van der Waals surface area contributed by atoms with Gasteiger partial charge in [-0.3, -0.25) is 10.2 Å². The summed E-state index contributed by atoms with van der Waals surface area (Å²) in [6.07, 6.45) is 1.58. The molecule has 0 aliphatic rings. The monoisotopic (exact) mass is 353 g/mol. The fraction of sp³-hybridized carbons (Fsp3) is 0.350. The molecule has 0 saturated carbocycles. The second-order valence-electron chi connectivity index (χ2n) is 5.90. The van der Waals surface area contributed by atoms with Crippen LogP contribution in [0.4, 0.5) is 0 Å². The van der Waals surface area contributed by atoms with Crippen molar-refractivity contribution in [3.8, 4) is 0 Å². The highest BCUT2D eigenvalue weighted by molar-refractivity contribution is 5.93. The largest absolute Gasteiger partial charge is 0.290 e. The molecule has 138 valence electrons. The third kappa shape index (κ3) is 3.91. The van der Waals surface area contributed by atoms with Crippen molar-refractivity contribution in [2.45, 2.75) is 47.5 Å². The van der Waals surface area contributed by atoms with E-state index < -0.39 is 0 Å². The Bertz CT molecular complexity index is 897. The van der Waals surface area contributed by atoms with Gasteiger partial charge in [-0.2, -0.15) is 5.10 Å². The normalized spacial score (nSPS) is 10.4. The number of fused-ring (bicyclic) bond motifs is 1. The number of aryl methyl sites for hydroxylation is 3. The van der Waals surface area contributed by atoms with Crippen molar-refractivity contribution in [3.63, 3.8) is 0 Å². The molecule has 3 aromatic rings. The van der Waals surface area contributed by atoms with Crippen molar-refractivity contribution in [2.24, 2.45) is 5.84 Å². The quantitative estimate of drug-likeness (QED) is 0.429. The second kappa shape index (κ2) is 8.58. The average molecular weight is 353 g/mol. The summed E-state index contributed by atoms with van der Waals surface area (Å²) in [4.78, 5) is 16.2. The number of nitrogens with one attached hydrogen (secondary N) is 1. The maximum absolute atomic E-state index is 11.5. The number of nitrogens with zero attached hydrogens (tertiary/aromatic N) is 3. The lowest BCUT2D eigenvalue weighted by atomic mass is 10.0. The van der Waals surface area contributed by atoms with Crippen LogP contribution >= 0.6 is 0 Å². The van der Waals surface area contributed by atoms with E-state index in [4.69, 9.17) is 10.9 Å². The van der Waals surface area contributed by atoms with Crippen LogP contribution in [0.15, 0.2) is 30.3 Å². The second-order valence-corrected chi connectivity index (χ2v) is 5.90. The van der Waals surface area contributed by atoms with Crippen LogP contribution in [0.2, 0.25) is 0 Å². The smallest absolute Gasteiger partial charge is 0.265 e. The van der Waals surface area contributed by atoms with Crippen molar-refractivity contribution >= 4 is 11.6 Å².